The van der Waals surface area contributed by atoms with Crippen LogP contribution >= 0.6 is 0 Å². The molecule has 0 aromatic carbocycles. The lowest BCUT2D eigenvalue weighted by atomic mass is 10.4. The van der Waals surface area contributed by atoms with Crippen molar-refractivity contribution >= 4 is 5.82 Å². The summed E-state index contributed by atoms with van der Waals surface area (Å²) in [6.07, 6.45) is 2.22. The summed E-state index contributed by atoms with van der Waals surface area (Å²) in [5.41, 5.74) is 0. The number of nitrogens with one attached hydrogen (secondary N) is 1. The van der Waals surface area contributed by atoms with E-state index in [0.29, 0.717) is 18.8 Å². The van der Waals surface area contributed by atoms with Gasteiger partial charge in [0.25, 0.3) is 0 Å². The smallest absolute Gasteiger partial charge is 0.313 e. The van der Waals surface area contributed by atoms with Gasteiger partial charge in [-0.25, -0.2) is 0 Å². The molecule has 0 saturated heterocycles. The van der Waals surface area contributed by atoms with Crippen LogP contribution in [0.4, 0.5) is 5.82 Å². The molecule has 4 heteroatoms. The van der Waals surface area contributed by atoms with Crippen molar-refractivity contribution in [2.24, 2.45) is 0 Å². The van der Waals surface area contributed by atoms with Gasteiger partial charge in [0, 0.05) is 19.1 Å². The first-order chi connectivity index (χ1) is 5.84. The molecule has 12 heavy (non-hydrogen) atoms. The maximum atomic E-state index is 9.20. The third kappa shape index (κ3) is 2.39. The number of hydrogen-bond acceptors (Lipinski definition) is 3. The quantitative estimate of drug-likeness (QED) is 0.338. The summed E-state index contributed by atoms with van der Waals surface area (Å²) in [5.74, 6) is 0.631. The van der Waals surface area contributed by atoms with Crippen LogP contribution in [0.5, 0.6) is 0 Å². The molecule has 0 amide bonds. The van der Waals surface area contributed by atoms with E-state index in [9.17, 15) is 5.21 Å². The predicted octanol–water partition coefficient (Wildman–Crippen LogP) is 0.00570. The van der Waals surface area contributed by atoms with Crippen LogP contribution in [-0.4, -0.2) is 23.5 Å². The number of hydrogen-bond donors (Lipinski definition) is 3. The minimum absolute atomic E-state index is 0.158. The van der Waals surface area contributed by atoms with E-state index in [1.807, 2.05) is 6.07 Å². The Balaban J connectivity index is 2.46. The molecule has 0 radical (unpaired) electrons. The first kappa shape index (κ1) is 8.80. The normalized spacial score (nSPS) is 9.75. The minimum Gasteiger partial charge on any atom is -0.396 e. The Labute approximate surface area is 71.0 Å². The van der Waals surface area contributed by atoms with E-state index in [1.54, 1.807) is 18.3 Å². The van der Waals surface area contributed by atoms with Crippen LogP contribution in [-0.2, 0) is 0 Å². The van der Waals surface area contributed by atoms with E-state index in [0.717, 1.165) is 4.73 Å². The first-order valence-electron chi connectivity index (χ1n) is 3.89. The van der Waals surface area contributed by atoms with Crippen molar-refractivity contribution in [3.05, 3.63) is 24.4 Å². The van der Waals surface area contributed by atoms with Crippen LogP contribution in [0.2, 0.25) is 0 Å². The third-order valence-corrected chi connectivity index (χ3v) is 1.48. The molecule has 0 bridgehead atoms. The van der Waals surface area contributed by atoms with E-state index in [4.69, 9.17) is 5.11 Å². The van der Waals surface area contributed by atoms with Gasteiger partial charge >= 0.3 is 5.82 Å². The average Bonchev–Trinajstić information content (AvgIpc) is 2.09. The lowest BCUT2D eigenvalue weighted by Crippen LogP contribution is -2.33. The summed E-state index contributed by atoms with van der Waals surface area (Å²) in [5, 5.41) is 20.7. The highest BCUT2D eigenvalue weighted by atomic mass is 16.5. The zero-order chi connectivity index (χ0) is 8.81. The number of aromatic nitrogens is 1. The predicted molar refractivity (Wildman–Crippen MR) is 44.0 cm³/mol. The van der Waals surface area contributed by atoms with Crippen molar-refractivity contribution in [1.82, 2.24) is 0 Å². The Morgan fingerprint density at radius 1 is 1.42 bits per heavy atom. The second-order valence-corrected chi connectivity index (χ2v) is 2.43. The van der Waals surface area contributed by atoms with E-state index < -0.39 is 0 Å². The molecule has 1 rings (SSSR count). The lowest BCUT2D eigenvalue weighted by molar-refractivity contribution is -0.893. The van der Waals surface area contributed by atoms with E-state index in [-0.39, 0.29) is 6.61 Å². The van der Waals surface area contributed by atoms with Crippen molar-refractivity contribution in [3.63, 3.8) is 0 Å². The lowest BCUT2D eigenvalue weighted by Gasteiger charge is -1.98. The third-order valence-electron chi connectivity index (χ3n) is 1.48. The van der Waals surface area contributed by atoms with Gasteiger partial charge in [-0.1, -0.05) is 10.8 Å². The van der Waals surface area contributed by atoms with Gasteiger partial charge in [0.2, 0.25) is 0 Å². The van der Waals surface area contributed by atoms with Crippen LogP contribution in [0, 0.1) is 0 Å². The molecular weight excluding hydrogens is 156 g/mol. The monoisotopic (exact) mass is 169 g/mol. The molecule has 0 atom stereocenters. The van der Waals surface area contributed by atoms with Gasteiger partial charge in [0.05, 0.1) is 6.54 Å². The standard InChI is InChI=1S/C8H12N2O2/c11-7-3-5-9-8-4-1-2-6-10(8)12/h1-2,4,6,11-12H,3,5,7H2/p+1. The van der Waals surface area contributed by atoms with E-state index in [1.165, 1.54) is 0 Å². The fraction of sp³-hybridized carbons (Fsp3) is 0.375. The molecule has 0 aliphatic carbocycles. The Morgan fingerprint density at radius 3 is 2.92 bits per heavy atom. The average molecular weight is 169 g/mol. The Hall–Kier alpha value is -1.29. The Kier molecular flexibility index (Phi) is 3.35. The largest absolute Gasteiger partial charge is 0.396 e. The topological polar surface area (TPSA) is 56.4 Å². The fourth-order valence-electron chi connectivity index (χ4n) is 0.870. The summed E-state index contributed by atoms with van der Waals surface area (Å²) in [6.45, 7) is 0.812. The van der Waals surface area contributed by atoms with Gasteiger partial charge in [-0.05, 0) is 6.07 Å². The van der Waals surface area contributed by atoms with E-state index in [2.05, 4.69) is 5.32 Å². The summed E-state index contributed by atoms with van der Waals surface area (Å²) in [6, 6.07) is 5.32. The number of anilines is 1. The van der Waals surface area contributed by atoms with Crippen molar-refractivity contribution in [2.75, 3.05) is 18.5 Å². The van der Waals surface area contributed by atoms with Crippen LogP contribution in [0.1, 0.15) is 6.42 Å². The number of rotatable bonds is 4. The summed E-state index contributed by atoms with van der Waals surface area (Å²) in [7, 11) is 0. The van der Waals surface area contributed by atoms with Gasteiger partial charge in [0.1, 0.15) is 6.20 Å². The van der Waals surface area contributed by atoms with Gasteiger partial charge in [-0.3, -0.25) is 5.32 Å². The van der Waals surface area contributed by atoms with Crippen LogP contribution in [0.3, 0.4) is 0 Å². The van der Waals surface area contributed by atoms with Gasteiger partial charge in [-0.15, -0.1) is 0 Å². The van der Waals surface area contributed by atoms with Crippen LogP contribution < -0.4 is 10.0 Å². The van der Waals surface area contributed by atoms with Gasteiger partial charge in [0.15, 0.2) is 0 Å². The van der Waals surface area contributed by atoms with Crippen LogP contribution in [0.15, 0.2) is 24.4 Å². The molecule has 0 saturated carbocycles. The maximum absolute atomic E-state index is 9.20. The summed E-state index contributed by atoms with van der Waals surface area (Å²) >= 11 is 0. The second-order valence-electron chi connectivity index (χ2n) is 2.43. The number of aliphatic hydroxyl groups excluding tert-OH is 1. The molecule has 1 aromatic rings. The van der Waals surface area contributed by atoms with Crippen molar-refractivity contribution in [1.29, 1.82) is 0 Å². The van der Waals surface area contributed by atoms with Crippen molar-refractivity contribution < 1.29 is 15.0 Å². The van der Waals surface area contributed by atoms with Crippen molar-refractivity contribution in [2.45, 2.75) is 6.42 Å². The fourth-order valence-corrected chi connectivity index (χ4v) is 0.870. The molecule has 4 nitrogen and oxygen atoms in total. The molecule has 1 heterocycles. The SMILES string of the molecule is OCCCNc1cccc[n+]1O. The molecule has 0 spiro atoms. The summed E-state index contributed by atoms with van der Waals surface area (Å²) in [4.78, 5) is 0. The molecule has 1 aromatic heterocycles. The first-order valence-corrected chi connectivity index (χ1v) is 3.89. The van der Waals surface area contributed by atoms with E-state index >= 15 is 0 Å². The maximum Gasteiger partial charge on any atom is 0.313 e. The minimum atomic E-state index is 0.158. The molecule has 3 N–H and O–H groups in total. The van der Waals surface area contributed by atoms with Crippen molar-refractivity contribution in [3.8, 4) is 0 Å². The van der Waals surface area contributed by atoms with Gasteiger partial charge in [-0.2, -0.15) is 0 Å². The molecular formula is C8H13N2O2+. The molecule has 0 unspecified atom stereocenters. The summed E-state index contributed by atoms with van der Waals surface area (Å²) < 4.78 is 1.01. The molecule has 0 aliphatic heterocycles. The number of pyridine rings is 1. The zero-order valence-electron chi connectivity index (χ0n) is 6.77. The molecule has 0 fully saturated rings. The highest BCUT2D eigenvalue weighted by Crippen LogP contribution is 1.96. The number of nitrogens with zero attached hydrogens (tertiary/aromatic N) is 1. The second kappa shape index (κ2) is 4.56. The Bertz CT molecular complexity index is 240. The number of aliphatic hydroxyl groups is 1. The van der Waals surface area contributed by atoms with Crippen LogP contribution in [0.25, 0.3) is 0 Å². The zero-order valence-corrected chi connectivity index (χ0v) is 6.77. The highest BCUT2D eigenvalue weighted by molar-refractivity contribution is 5.26. The highest BCUT2D eigenvalue weighted by Gasteiger charge is 2.03. The van der Waals surface area contributed by atoms with Gasteiger partial charge < -0.3 is 10.3 Å². The molecule has 66 valence electrons. The Morgan fingerprint density at radius 2 is 2.25 bits per heavy atom. The molecule has 0 aliphatic rings.